The Balaban J connectivity index is 1.32. The third-order valence-electron chi connectivity index (χ3n) is 10.2. The van der Waals surface area contributed by atoms with Gasteiger partial charge in [-0.1, -0.05) is 127 Å². The lowest BCUT2D eigenvalue weighted by atomic mass is 9.88. The fourth-order valence-electron chi connectivity index (χ4n) is 7.54. The number of para-hydroxylation sites is 2. The lowest BCUT2D eigenvalue weighted by Gasteiger charge is -2.22. The number of benzene rings is 5. The molecule has 0 aliphatic rings. The molecule has 0 spiro atoms. The van der Waals surface area contributed by atoms with E-state index in [1.165, 1.54) is 55.0 Å². The first kappa shape index (κ1) is 31.8. The highest BCUT2D eigenvalue weighted by Crippen LogP contribution is 2.39. The maximum Gasteiger partial charge on any atom is 0.144 e. The van der Waals surface area contributed by atoms with Gasteiger partial charge in [-0.15, -0.1) is 0 Å². The number of aromatic nitrogens is 4. The Bertz CT molecular complexity index is 2510. The number of hydrogen-bond donors (Lipinski definition) is 0. The number of rotatable bonds is 6. The molecule has 4 heteroatoms. The Labute approximate surface area is 295 Å². The third-order valence-corrected chi connectivity index (χ3v) is 10.2. The summed E-state index contributed by atoms with van der Waals surface area (Å²) in [5, 5.41) is 4.86. The van der Waals surface area contributed by atoms with E-state index in [9.17, 15) is 0 Å². The smallest absolute Gasteiger partial charge is 0.144 e. The molecule has 8 aromatic rings. The first-order chi connectivity index (χ1) is 24.1. The van der Waals surface area contributed by atoms with Gasteiger partial charge in [0.15, 0.2) is 0 Å². The zero-order valence-corrected chi connectivity index (χ0v) is 30.1. The van der Waals surface area contributed by atoms with Crippen LogP contribution in [0.2, 0.25) is 0 Å². The van der Waals surface area contributed by atoms with Gasteiger partial charge in [0.05, 0.1) is 16.7 Å². The lowest BCUT2D eigenvalue weighted by Crippen LogP contribution is -2.12. The van der Waals surface area contributed by atoms with Crippen LogP contribution in [-0.2, 0) is 5.41 Å². The zero-order valence-electron chi connectivity index (χ0n) is 30.1. The summed E-state index contributed by atoms with van der Waals surface area (Å²) in [5.41, 5.74) is 11.0. The molecule has 3 aromatic heterocycles. The molecule has 0 aliphatic carbocycles. The fraction of sp³-hybridized carbons (Fsp3) is 0.217. The van der Waals surface area contributed by atoms with Crippen molar-refractivity contribution in [3.8, 4) is 34.0 Å². The fourth-order valence-corrected chi connectivity index (χ4v) is 7.54. The molecule has 5 aromatic carbocycles. The third kappa shape index (κ3) is 5.31. The van der Waals surface area contributed by atoms with E-state index in [1.807, 2.05) is 12.4 Å². The summed E-state index contributed by atoms with van der Waals surface area (Å²) in [6.07, 6.45) is 6.00. The van der Waals surface area contributed by atoms with E-state index < -0.39 is 0 Å². The summed E-state index contributed by atoms with van der Waals surface area (Å²) in [7, 11) is 0. The molecule has 0 N–H and O–H groups in total. The lowest BCUT2D eigenvalue weighted by molar-refractivity contribution is 0.588. The van der Waals surface area contributed by atoms with Crippen molar-refractivity contribution < 1.29 is 0 Å². The van der Waals surface area contributed by atoms with Crippen LogP contribution >= 0.6 is 0 Å². The van der Waals surface area contributed by atoms with Crippen LogP contribution in [0.5, 0.6) is 0 Å². The van der Waals surface area contributed by atoms with E-state index in [-0.39, 0.29) is 5.41 Å². The summed E-state index contributed by atoms with van der Waals surface area (Å²) in [6, 6.07) is 40.1. The van der Waals surface area contributed by atoms with Crippen molar-refractivity contribution in [1.82, 2.24) is 19.1 Å². The van der Waals surface area contributed by atoms with Gasteiger partial charge in [0, 0.05) is 34.9 Å². The van der Waals surface area contributed by atoms with Crippen molar-refractivity contribution in [2.45, 2.75) is 65.7 Å². The Morgan fingerprint density at radius 3 is 2.06 bits per heavy atom. The zero-order chi connectivity index (χ0) is 34.7. The average Bonchev–Trinajstić information content (AvgIpc) is 3.73. The second-order valence-electron chi connectivity index (χ2n) is 15.2. The van der Waals surface area contributed by atoms with Gasteiger partial charge in [-0.3, -0.25) is 9.13 Å². The minimum atomic E-state index is 0.0181. The monoisotopic (exact) mass is 652 g/mol. The van der Waals surface area contributed by atoms with Crippen LogP contribution in [0, 0.1) is 0 Å². The number of hydrogen-bond acceptors (Lipinski definition) is 2. The van der Waals surface area contributed by atoms with Crippen LogP contribution in [0.3, 0.4) is 0 Å². The van der Waals surface area contributed by atoms with Crippen molar-refractivity contribution in [2.24, 2.45) is 0 Å². The molecular weight excluding hydrogens is 609 g/mol. The molecule has 4 nitrogen and oxygen atoms in total. The van der Waals surface area contributed by atoms with Crippen LogP contribution in [-0.4, -0.2) is 19.1 Å². The maximum atomic E-state index is 4.96. The summed E-state index contributed by atoms with van der Waals surface area (Å²) >= 11 is 0. The second kappa shape index (κ2) is 12.1. The largest absolute Gasteiger partial charge is 0.299 e. The minimum Gasteiger partial charge on any atom is -0.299 e. The van der Waals surface area contributed by atoms with Crippen LogP contribution in [0.25, 0.3) is 66.6 Å². The van der Waals surface area contributed by atoms with Crippen molar-refractivity contribution in [3.63, 3.8) is 0 Å². The van der Waals surface area contributed by atoms with Gasteiger partial charge in [-0.2, -0.15) is 0 Å². The van der Waals surface area contributed by atoms with Gasteiger partial charge in [0.2, 0.25) is 0 Å². The summed E-state index contributed by atoms with van der Waals surface area (Å²) in [4.78, 5) is 9.87. The molecule has 0 aliphatic heterocycles. The molecule has 3 heterocycles. The predicted octanol–water partition coefficient (Wildman–Crippen LogP) is 12.4. The standard InChI is InChI=1S/C46H44N4/c1-29(2)35-14-11-15-36(30(3)4)44(35)49-25-24-48-45(49)33-19-18-31-12-10-16-37(40(31)26-33)32-20-21-39-38-13-8-9-17-41(38)50(42(39)27-32)43-28-34(22-23-47-43)46(5,6)7/h8-30H,1-7H3. The van der Waals surface area contributed by atoms with E-state index in [0.29, 0.717) is 11.8 Å². The Morgan fingerprint density at radius 1 is 0.580 bits per heavy atom. The first-order valence-electron chi connectivity index (χ1n) is 17.8. The van der Waals surface area contributed by atoms with Gasteiger partial charge < -0.3 is 0 Å². The topological polar surface area (TPSA) is 35.6 Å². The molecule has 0 unspecified atom stereocenters. The van der Waals surface area contributed by atoms with Gasteiger partial charge in [0.25, 0.3) is 0 Å². The van der Waals surface area contributed by atoms with Crippen LogP contribution in [0.4, 0.5) is 0 Å². The number of pyridine rings is 1. The van der Waals surface area contributed by atoms with Crippen LogP contribution in [0.15, 0.2) is 128 Å². The molecule has 0 radical (unpaired) electrons. The van der Waals surface area contributed by atoms with Gasteiger partial charge in [-0.05, 0) is 86.2 Å². The highest BCUT2D eigenvalue weighted by molar-refractivity contribution is 6.11. The summed E-state index contributed by atoms with van der Waals surface area (Å²) in [5.74, 6) is 2.67. The van der Waals surface area contributed by atoms with Gasteiger partial charge in [0.1, 0.15) is 11.6 Å². The van der Waals surface area contributed by atoms with Gasteiger partial charge >= 0.3 is 0 Å². The van der Waals surface area contributed by atoms with E-state index in [1.54, 1.807) is 0 Å². The molecule has 0 saturated heterocycles. The quantitative estimate of drug-likeness (QED) is 0.179. The molecule has 8 rings (SSSR count). The molecule has 0 amide bonds. The van der Waals surface area contributed by atoms with Crippen molar-refractivity contribution in [2.75, 3.05) is 0 Å². The molecule has 0 fully saturated rings. The number of fused-ring (bicyclic) bond motifs is 4. The number of nitrogens with zero attached hydrogens (tertiary/aromatic N) is 4. The van der Waals surface area contributed by atoms with Crippen LogP contribution in [0.1, 0.15) is 77.0 Å². The Kier molecular flexibility index (Phi) is 7.71. The summed E-state index contributed by atoms with van der Waals surface area (Å²) < 4.78 is 4.63. The average molecular weight is 653 g/mol. The highest BCUT2D eigenvalue weighted by Gasteiger charge is 2.21. The molecule has 50 heavy (non-hydrogen) atoms. The van der Waals surface area contributed by atoms with Gasteiger partial charge in [-0.25, -0.2) is 9.97 Å². The van der Waals surface area contributed by atoms with Crippen molar-refractivity contribution >= 4 is 32.6 Å². The molecule has 0 bridgehead atoms. The predicted molar refractivity (Wildman–Crippen MR) is 211 cm³/mol. The Hall–Kier alpha value is -5.48. The van der Waals surface area contributed by atoms with Crippen molar-refractivity contribution in [1.29, 1.82) is 0 Å². The molecule has 0 saturated carbocycles. The SMILES string of the molecule is CC(C)c1cccc(C(C)C)c1-n1ccnc1-c1ccc2cccc(-c3ccc4c5ccccc5n(-c5cc(C(C)(C)C)ccn5)c4c3)c2c1. The maximum absolute atomic E-state index is 4.96. The number of imidazole rings is 1. The van der Waals surface area contributed by atoms with E-state index in [4.69, 9.17) is 9.97 Å². The normalized spacial score (nSPS) is 12.3. The Morgan fingerprint density at radius 2 is 1.30 bits per heavy atom. The minimum absolute atomic E-state index is 0.0181. The highest BCUT2D eigenvalue weighted by atomic mass is 15.1. The van der Waals surface area contributed by atoms with E-state index in [0.717, 1.165) is 28.2 Å². The van der Waals surface area contributed by atoms with Crippen molar-refractivity contribution in [3.05, 3.63) is 144 Å². The first-order valence-corrected chi connectivity index (χ1v) is 17.8. The van der Waals surface area contributed by atoms with Crippen LogP contribution < -0.4 is 0 Å². The summed E-state index contributed by atoms with van der Waals surface area (Å²) in [6.45, 7) is 15.9. The molecule has 248 valence electrons. The van der Waals surface area contributed by atoms with E-state index in [2.05, 4.69) is 173 Å². The van der Waals surface area contributed by atoms with E-state index >= 15 is 0 Å². The second-order valence-corrected chi connectivity index (χ2v) is 15.2. The molecular formula is C46H44N4. The molecule has 0 atom stereocenters.